The first-order valence-electron chi connectivity index (χ1n) is 6.67. The Hall–Kier alpha value is -2.04. The molecule has 0 atom stereocenters. The summed E-state index contributed by atoms with van der Waals surface area (Å²) < 4.78 is 5.43. The van der Waals surface area contributed by atoms with Gasteiger partial charge in [-0.2, -0.15) is 0 Å². The van der Waals surface area contributed by atoms with Crippen LogP contribution in [0.5, 0.6) is 5.75 Å². The van der Waals surface area contributed by atoms with Gasteiger partial charge >= 0.3 is 0 Å². The van der Waals surface area contributed by atoms with Crippen LogP contribution in [-0.2, 0) is 9.59 Å². The summed E-state index contributed by atoms with van der Waals surface area (Å²) in [5, 5.41) is 0. The van der Waals surface area contributed by atoms with Crippen molar-refractivity contribution in [2.75, 3.05) is 6.61 Å². The summed E-state index contributed by atoms with van der Waals surface area (Å²) in [4.78, 5) is 22.9. The second-order valence-corrected chi connectivity index (χ2v) is 5.18. The first-order valence-corrected chi connectivity index (χ1v) is 6.67. The molecule has 0 unspecified atom stereocenters. The Balaban J connectivity index is 2.37. The molecule has 1 aromatic carbocycles. The molecule has 0 aliphatic rings. The molecule has 0 radical (unpaired) electrons. The van der Waals surface area contributed by atoms with Crippen LogP contribution in [0.15, 0.2) is 18.2 Å². The third-order valence-electron chi connectivity index (χ3n) is 2.85. The van der Waals surface area contributed by atoms with Crippen molar-refractivity contribution in [2.24, 2.45) is 5.92 Å². The van der Waals surface area contributed by atoms with Crippen LogP contribution in [0.4, 0.5) is 0 Å². The van der Waals surface area contributed by atoms with Crippen LogP contribution in [0.2, 0.25) is 0 Å². The normalized spacial score (nSPS) is 10.2. The Bertz CT molecular complexity index is 484. The van der Waals surface area contributed by atoms with Gasteiger partial charge in [0.05, 0.1) is 0 Å². The van der Waals surface area contributed by atoms with Crippen molar-refractivity contribution >= 4 is 11.8 Å². The summed E-state index contributed by atoms with van der Waals surface area (Å²) in [5.74, 6) is 0.329. The Labute approximate surface area is 119 Å². The van der Waals surface area contributed by atoms with Crippen LogP contribution in [-0.4, -0.2) is 18.4 Å². The Kier molecular flexibility index (Phi) is 6.03. The molecule has 0 aromatic heterocycles. The minimum atomic E-state index is -0.386. The van der Waals surface area contributed by atoms with E-state index in [1.807, 2.05) is 45.9 Å². The molecule has 1 aromatic rings. The predicted molar refractivity (Wildman–Crippen MR) is 77.2 cm³/mol. The number of hydrazine groups is 1. The van der Waals surface area contributed by atoms with Gasteiger partial charge in [-0.15, -0.1) is 0 Å². The van der Waals surface area contributed by atoms with Gasteiger partial charge in [0, 0.05) is 6.42 Å². The maximum atomic E-state index is 11.6. The van der Waals surface area contributed by atoms with Crippen LogP contribution in [0.3, 0.4) is 0 Å². The lowest BCUT2D eigenvalue weighted by Gasteiger charge is -2.12. The first kappa shape index (κ1) is 16.0. The molecule has 0 spiro atoms. The lowest BCUT2D eigenvalue weighted by molar-refractivity contribution is -0.130. The highest BCUT2D eigenvalue weighted by Gasteiger charge is 2.08. The van der Waals surface area contributed by atoms with Crippen LogP contribution in [0, 0.1) is 19.8 Å². The van der Waals surface area contributed by atoms with Gasteiger partial charge in [-0.1, -0.05) is 26.0 Å². The molecule has 2 amide bonds. The lowest BCUT2D eigenvalue weighted by atomic mass is 10.1. The smallest absolute Gasteiger partial charge is 0.276 e. The monoisotopic (exact) mass is 278 g/mol. The zero-order valence-corrected chi connectivity index (χ0v) is 12.4. The molecular formula is C15H22N2O3. The minimum Gasteiger partial charge on any atom is -0.483 e. The summed E-state index contributed by atoms with van der Waals surface area (Å²) >= 11 is 0. The van der Waals surface area contributed by atoms with Gasteiger partial charge in [-0.05, 0) is 37.0 Å². The molecule has 0 aliphatic heterocycles. The van der Waals surface area contributed by atoms with E-state index in [1.54, 1.807) is 0 Å². The number of carbonyl (C=O) groups is 2. The molecule has 0 fully saturated rings. The summed E-state index contributed by atoms with van der Waals surface area (Å²) in [6.45, 7) is 7.66. The molecule has 0 saturated carbocycles. The third kappa shape index (κ3) is 5.30. The highest BCUT2D eigenvalue weighted by Crippen LogP contribution is 2.20. The van der Waals surface area contributed by atoms with E-state index in [4.69, 9.17) is 4.74 Å². The number of ether oxygens (including phenoxy) is 1. The van der Waals surface area contributed by atoms with Crippen molar-refractivity contribution in [1.29, 1.82) is 0 Å². The topological polar surface area (TPSA) is 67.4 Å². The highest BCUT2D eigenvalue weighted by atomic mass is 16.5. The van der Waals surface area contributed by atoms with Gasteiger partial charge in [0.25, 0.3) is 5.91 Å². The summed E-state index contributed by atoms with van der Waals surface area (Å²) in [7, 11) is 0. The van der Waals surface area contributed by atoms with Crippen molar-refractivity contribution < 1.29 is 14.3 Å². The summed E-state index contributed by atoms with van der Waals surface area (Å²) in [6.07, 6.45) is 0.373. The van der Waals surface area contributed by atoms with Crippen molar-refractivity contribution in [3.63, 3.8) is 0 Å². The van der Waals surface area contributed by atoms with Crippen LogP contribution in [0.25, 0.3) is 0 Å². The summed E-state index contributed by atoms with van der Waals surface area (Å²) in [6, 6.07) is 5.67. The fourth-order valence-electron chi connectivity index (χ4n) is 1.62. The Morgan fingerprint density at radius 1 is 1.15 bits per heavy atom. The van der Waals surface area contributed by atoms with E-state index >= 15 is 0 Å². The first-order chi connectivity index (χ1) is 9.40. The number of benzene rings is 1. The molecule has 2 N–H and O–H groups in total. The number of hydrogen-bond donors (Lipinski definition) is 2. The van der Waals surface area contributed by atoms with Crippen molar-refractivity contribution in [1.82, 2.24) is 10.9 Å². The third-order valence-corrected chi connectivity index (χ3v) is 2.85. The van der Waals surface area contributed by atoms with Gasteiger partial charge in [0.15, 0.2) is 6.61 Å². The molecule has 0 bridgehead atoms. The van der Waals surface area contributed by atoms with Gasteiger partial charge in [-0.25, -0.2) is 0 Å². The number of carbonyl (C=O) groups excluding carboxylic acids is 2. The number of nitrogens with one attached hydrogen (secondary N) is 2. The largest absolute Gasteiger partial charge is 0.483 e. The van der Waals surface area contributed by atoms with Crippen molar-refractivity contribution in [3.05, 3.63) is 29.3 Å². The number of rotatable bonds is 5. The Morgan fingerprint density at radius 2 is 1.80 bits per heavy atom. The van der Waals surface area contributed by atoms with Crippen LogP contribution >= 0.6 is 0 Å². The van der Waals surface area contributed by atoms with E-state index in [9.17, 15) is 9.59 Å². The lowest BCUT2D eigenvalue weighted by Crippen LogP contribution is -2.44. The number of aryl methyl sites for hydroxylation is 1. The van der Waals surface area contributed by atoms with Crippen LogP contribution < -0.4 is 15.6 Å². The number of hydrogen-bond acceptors (Lipinski definition) is 3. The average molecular weight is 278 g/mol. The zero-order chi connectivity index (χ0) is 15.1. The quantitative estimate of drug-likeness (QED) is 0.808. The van der Waals surface area contributed by atoms with Crippen molar-refractivity contribution in [2.45, 2.75) is 34.1 Å². The zero-order valence-electron chi connectivity index (χ0n) is 12.4. The van der Waals surface area contributed by atoms with Gasteiger partial charge in [0.2, 0.25) is 5.91 Å². The maximum Gasteiger partial charge on any atom is 0.276 e. The average Bonchev–Trinajstić information content (AvgIpc) is 2.37. The second kappa shape index (κ2) is 7.53. The SMILES string of the molecule is Cc1cccc(OCC(=O)NNC(=O)CC(C)C)c1C. The van der Waals surface area contributed by atoms with E-state index in [0.29, 0.717) is 12.2 Å². The van der Waals surface area contributed by atoms with E-state index in [1.165, 1.54) is 0 Å². The molecule has 110 valence electrons. The molecule has 5 heteroatoms. The van der Waals surface area contributed by atoms with E-state index < -0.39 is 0 Å². The highest BCUT2D eigenvalue weighted by molar-refractivity contribution is 5.82. The number of amides is 2. The molecule has 20 heavy (non-hydrogen) atoms. The molecular weight excluding hydrogens is 256 g/mol. The van der Waals surface area contributed by atoms with E-state index in [-0.39, 0.29) is 24.3 Å². The van der Waals surface area contributed by atoms with Gasteiger partial charge in [0.1, 0.15) is 5.75 Å². The van der Waals surface area contributed by atoms with Gasteiger partial charge in [-0.3, -0.25) is 20.4 Å². The fourth-order valence-corrected chi connectivity index (χ4v) is 1.62. The maximum absolute atomic E-state index is 11.6. The predicted octanol–water partition coefficient (Wildman–Crippen LogP) is 1.88. The minimum absolute atomic E-state index is 0.133. The molecule has 0 heterocycles. The molecule has 5 nitrogen and oxygen atoms in total. The standard InChI is InChI=1S/C15H22N2O3/c1-10(2)8-14(18)16-17-15(19)9-20-13-7-5-6-11(3)12(13)4/h5-7,10H,8-9H2,1-4H3,(H,16,18)(H,17,19). The van der Waals surface area contributed by atoms with Crippen molar-refractivity contribution in [3.8, 4) is 5.75 Å². The summed E-state index contributed by atoms with van der Waals surface area (Å²) in [5.41, 5.74) is 6.79. The Morgan fingerprint density at radius 3 is 2.45 bits per heavy atom. The second-order valence-electron chi connectivity index (χ2n) is 5.18. The fraction of sp³-hybridized carbons (Fsp3) is 0.467. The molecule has 0 aliphatic carbocycles. The molecule has 1 rings (SSSR count). The van der Waals surface area contributed by atoms with E-state index in [2.05, 4.69) is 10.9 Å². The van der Waals surface area contributed by atoms with E-state index in [0.717, 1.165) is 11.1 Å². The van der Waals surface area contributed by atoms with Crippen LogP contribution in [0.1, 0.15) is 31.4 Å². The molecule has 0 saturated heterocycles. The van der Waals surface area contributed by atoms with Gasteiger partial charge < -0.3 is 4.74 Å².